The Morgan fingerprint density at radius 3 is 2.81 bits per heavy atom. The van der Waals surface area contributed by atoms with Gasteiger partial charge in [-0.25, -0.2) is 0 Å². The lowest BCUT2D eigenvalue weighted by Gasteiger charge is -2.41. The highest BCUT2D eigenvalue weighted by molar-refractivity contribution is 5.31. The van der Waals surface area contributed by atoms with Crippen molar-refractivity contribution in [2.24, 2.45) is 5.73 Å². The molecule has 2 nitrogen and oxygen atoms in total. The average molecular weight is 286 g/mol. The van der Waals surface area contributed by atoms with Crippen molar-refractivity contribution >= 4 is 0 Å². The Morgan fingerprint density at radius 2 is 2.10 bits per heavy atom. The largest absolute Gasteiger partial charge is 0.329 e. The van der Waals surface area contributed by atoms with E-state index >= 15 is 0 Å². The molecule has 2 atom stereocenters. The molecule has 0 aromatic heterocycles. The van der Waals surface area contributed by atoms with E-state index in [1.54, 1.807) is 0 Å². The molecular weight excluding hydrogens is 256 g/mol. The lowest BCUT2D eigenvalue weighted by Crippen LogP contribution is -2.44. The smallest absolute Gasteiger partial charge is 0.0473 e. The first-order chi connectivity index (χ1) is 10.3. The van der Waals surface area contributed by atoms with E-state index in [0.717, 1.165) is 18.5 Å². The molecule has 1 aromatic rings. The maximum Gasteiger partial charge on any atom is 0.0473 e. The molecule has 1 saturated carbocycles. The number of benzene rings is 1. The van der Waals surface area contributed by atoms with Crippen LogP contribution in [0.1, 0.15) is 75.0 Å². The first-order valence-electron chi connectivity index (χ1n) is 8.89. The topological polar surface area (TPSA) is 29.3 Å². The van der Waals surface area contributed by atoms with Crippen LogP contribution in [-0.2, 0) is 0 Å². The average Bonchev–Trinajstić information content (AvgIpc) is 3.35. The van der Waals surface area contributed by atoms with Crippen molar-refractivity contribution in [3.05, 3.63) is 35.4 Å². The van der Waals surface area contributed by atoms with Gasteiger partial charge in [-0.2, -0.15) is 0 Å². The Kier molecular flexibility index (Phi) is 4.97. The Morgan fingerprint density at radius 1 is 1.24 bits per heavy atom. The molecule has 116 valence electrons. The van der Waals surface area contributed by atoms with Crippen LogP contribution in [0, 0.1) is 0 Å². The summed E-state index contributed by atoms with van der Waals surface area (Å²) in [5.74, 6) is 0.830. The molecule has 0 bridgehead atoms. The molecule has 21 heavy (non-hydrogen) atoms. The molecule has 3 rings (SSSR count). The van der Waals surface area contributed by atoms with Crippen molar-refractivity contribution < 1.29 is 0 Å². The van der Waals surface area contributed by atoms with Crippen molar-refractivity contribution in [1.82, 2.24) is 4.90 Å². The zero-order valence-electron chi connectivity index (χ0n) is 13.4. The van der Waals surface area contributed by atoms with E-state index in [1.165, 1.54) is 62.6 Å². The van der Waals surface area contributed by atoms with E-state index in [-0.39, 0.29) is 0 Å². The molecule has 1 aliphatic carbocycles. The fourth-order valence-corrected chi connectivity index (χ4v) is 3.98. The van der Waals surface area contributed by atoms with Crippen molar-refractivity contribution in [1.29, 1.82) is 0 Å². The van der Waals surface area contributed by atoms with Gasteiger partial charge >= 0.3 is 0 Å². The molecule has 0 amide bonds. The van der Waals surface area contributed by atoms with E-state index in [9.17, 15) is 0 Å². The molecule has 1 aromatic carbocycles. The first kappa shape index (κ1) is 15.1. The molecule has 2 unspecified atom stereocenters. The lowest BCUT2D eigenvalue weighted by molar-refractivity contribution is 0.0912. The maximum atomic E-state index is 6.19. The quantitative estimate of drug-likeness (QED) is 0.848. The van der Waals surface area contributed by atoms with Crippen LogP contribution in [0.4, 0.5) is 0 Å². The van der Waals surface area contributed by atoms with Crippen LogP contribution in [0.2, 0.25) is 0 Å². The van der Waals surface area contributed by atoms with Gasteiger partial charge in [0.15, 0.2) is 0 Å². The number of piperidine rings is 1. The molecule has 1 heterocycles. The molecule has 2 heteroatoms. The molecular formula is C19H30N2. The number of hydrogen-bond donors (Lipinski definition) is 1. The Balaban J connectivity index is 1.80. The van der Waals surface area contributed by atoms with Crippen molar-refractivity contribution in [2.45, 2.75) is 69.9 Å². The predicted molar refractivity (Wildman–Crippen MR) is 89.5 cm³/mol. The van der Waals surface area contributed by atoms with Gasteiger partial charge in [-0.05, 0) is 55.7 Å². The van der Waals surface area contributed by atoms with E-state index in [2.05, 4.69) is 36.1 Å². The van der Waals surface area contributed by atoms with Gasteiger partial charge in [0.2, 0.25) is 0 Å². The van der Waals surface area contributed by atoms with Crippen LogP contribution < -0.4 is 5.73 Å². The zero-order valence-corrected chi connectivity index (χ0v) is 13.4. The van der Waals surface area contributed by atoms with Gasteiger partial charge in [0.1, 0.15) is 0 Å². The number of rotatable bonds is 6. The van der Waals surface area contributed by atoms with Gasteiger partial charge in [-0.1, -0.05) is 44.0 Å². The third-order valence-corrected chi connectivity index (χ3v) is 5.26. The summed E-state index contributed by atoms with van der Waals surface area (Å²) >= 11 is 0. The van der Waals surface area contributed by atoms with Crippen LogP contribution in [0.5, 0.6) is 0 Å². The molecule has 2 aliphatic rings. The van der Waals surface area contributed by atoms with Crippen molar-refractivity contribution in [3.63, 3.8) is 0 Å². The van der Waals surface area contributed by atoms with Crippen LogP contribution in [0.25, 0.3) is 0 Å². The summed E-state index contributed by atoms with van der Waals surface area (Å²) in [5.41, 5.74) is 9.18. The highest BCUT2D eigenvalue weighted by atomic mass is 15.2. The van der Waals surface area contributed by atoms with Crippen molar-refractivity contribution in [2.75, 3.05) is 13.1 Å². The molecule has 2 fully saturated rings. The minimum absolute atomic E-state index is 0.417. The molecule has 1 saturated heterocycles. The molecule has 0 spiro atoms. The van der Waals surface area contributed by atoms with Crippen LogP contribution in [-0.4, -0.2) is 24.0 Å². The minimum atomic E-state index is 0.417. The summed E-state index contributed by atoms with van der Waals surface area (Å²) in [6, 6.07) is 10.4. The van der Waals surface area contributed by atoms with E-state index in [1.807, 2.05) is 0 Å². The second kappa shape index (κ2) is 6.93. The Labute approximate surface area is 129 Å². The second-order valence-corrected chi connectivity index (χ2v) is 6.87. The summed E-state index contributed by atoms with van der Waals surface area (Å²) < 4.78 is 0. The van der Waals surface area contributed by atoms with Gasteiger partial charge in [-0.3, -0.25) is 4.90 Å². The number of nitrogens with zero attached hydrogens (tertiary/aromatic N) is 1. The van der Waals surface area contributed by atoms with Crippen LogP contribution in [0.3, 0.4) is 0 Å². The van der Waals surface area contributed by atoms with Gasteiger partial charge in [0.05, 0.1) is 0 Å². The lowest BCUT2D eigenvalue weighted by atomic mass is 9.93. The van der Waals surface area contributed by atoms with Crippen LogP contribution in [0.15, 0.2) is 24.3 Å². The summed E-state index contributed by atoms with van der Waals surface area (Å²) in [4.78, 5) is 2.71. The van der Waals surface area contributed by atoms with Crippen molar-refractivity contribution in [3.8, 4) is 0 Å². The van der Waals surface area contributed by atoms with E-state index < -0.39 is 0 Å². The fourth-order valence-electron chi connectivity index (χ4n) is 3.98. The Hall–Kier alpha value is -0.860. The normalized spacial score (nSPS) is 25.0. The highest BCUT2D eigenvalue weighted by Crippen LogP contribution is 2.41. The zero-order chi connectivity index (χ0) is 14.7. The fraction of sp³-hybridized carbons (Fsp3) is 0.684. The molecule has 1 aliphatic heterocycles. The molecule has 2 N–H and O–H groups in total. The SMILES string of the molecule is CCCC1CCCCN1C(CN)c1cccc(C2CC2)c1. The standard InChI is InChI=1S/C19H30N2/c1-2-6-18-9-3-4-12-21(18)19(14-20)17-8-5-7-16(13-17)15-10-11-15/h5,7-8,13,15,18-19H,2-4,6,9-12,14,20H2,1H3. The summed E-state index contributed by atoms with van der Waals surface area (Å²) in [6.45, 7) is 4.27. The monoisotopic (exact) mass is 286 g/mol. The summed E-state index contributed by atoms with van der Waals surface area (Å²) in [7, 11) is 0. The van der Waals surface area contributed by atoms with Gasteiger partial charge in [-0.15, -0.1) is 0 Å². The second-order valence-electron chi connectivity index (χ2n) is 6.87. The van der Waals surface area contributed by atoms with Gasteiger partial charge in [0, 0.05) is 18.6 Å². The van der Waals surface area contributed by atoms with Crippen LogP contribution >= 0.6 is 0 Å². The van der Waals surface area contributed by atoms with Gasteiger partial charge in [0.25, 0.3) is 0 Å². The Bertz CT molecular complexity index is 451. The summed E-state index contributed by atoms with van der Waals surface area (Å²) in [6.07, 6.45) is 9.42. The highest BCUT2D eigenvalue weighted by Gasteiger charge is 2.29. The van der Waals surface area contributed by atoms with Gasteiger partial charge < -0.3 is 5.73 Å². The number of hydrogen-bond acceptors (Lipinski definition) is 2. The summed E-state index contributed by atoms with van der Waals surface area (Å²) in [5, 5.41) is 0. The molecule has 0 radical (unpaired) electrons. The third-order valence-electron chi connectivity index (χ3n) is 5.26. The van der Waals surface area contributed by atoms with E-state index in [0.29, 0.717) is 6.04 Å². The predicted octanol–water partition coefficient (Wildman–Crippen LogP) is 4.22. The third kappa shape index (κ3) is 3.49. The van der Waals surface area contributed by atoms with E-state index in [4.69, 9.17) is 5.73 Å². The first-order valence-corrected chi connectivity index (χ1v) is 8.89. The number of likely N-dealkylation sites (tertiary alicyclic amines) is 1. The number of nitrogens with two attached hydrogens (primary N) is 1. The minimum Gasteiger partial charge on any atom is -0.329 e. The maximum absolute atomic E-state index is 6.19.